The van der Waals surface area contributed by atoms with Crippen LogP contribution in [0, 0.1) is 11.3 Å². The molecule has 1 N–H and O–H groups in total. The standard InChI is InChI=1S/C22H13ClF8N4OS/c1-35-16(15(21(26,27)28)17(34-35)20(24,25)22(29,30)31)14-5-4-13(37-14)10-2-3-12(23)11(8-10)18(36)33-19(9-32)6-7-19/h2-5,8H,6-7H2,1H3,(H,33,36). The molecule has 3 aromatic rings. The van der Waals surface area contributed by atoms with Gasteiger partial charge in [-0.2, -0.15) is 45.5 Å². The predicted octanol–water partition coefficient (Wildman–Crippen LogP) is 6.93. The fourth-order valence-corrected chi connectivity index (χ4v) is 4.86. The molecule has 1 aromatic carbocycles. The third kappa shape index (κ3) is 4.77. The normalized spacial score (nSPS) is 15.4. The summed E-state index contributed by atoms with van der Waals surface area (Å²) in [4.78, 5) is 12.6. The summed E-state index contributed by atoms with van der Waals surface area (Å²) in [6.07, 6.45) is -11.0. The molecule has 2 aromatic heterocycles. The lowest BCUT2D eigenvalue weighted by molar-refractivity contribution is -0.292. The van der Waals surface area contributed by atoms with Crippen LogP contribution in [0.15, 0.2) is 30.3 Å². The Hall–Kier alpha value is -3.18. The van der Waals surface area contributed by atoms with Gasteiger partial charge in [0.15, 0.2) is 5.69 Å². The molecule has 2 heterocycles. The van der Waals surface area contributed by atoms with Crippen LogP contribution in [-0.4, -0.2) is 27.4 Å². The van der Waals surface area contributed by atoms with E-state index in [4.69, 9.17) is 11.6 Å². The second-order valence-electron chi connectivity index (χ2n) is 8.27. The lowest BCUT2D eigenvalue weighted by Crippen LogP contribution is -2.36. The first-order valence-corrected chi connectivity index (χ1v) is 11.4. The monoisotopic (exact) mass is 568 g/mol. The van der Waals surface area contributed by atoms with Gasteiger partial charge in [-0.15, -0.1) is 11.3 Å². The van der Waals surface area contributed by atoms with Gasteiger partial charge in [-0.25, -0.2) is 0 Å². The van der Waals surface area contributed by atoms with E-state index in [1.165, 1.54) is 24.3 Å². The first kappa shape index (κ1) is 26.9. The van der Waals surface area contributed by atoms with Gasteiger partial charge in [0.1, 0.15) is 11.1 Å². The van der Waals surface area contributed by atoms with E-state index in [0.717, 1.165) is 13.1 Å². The molecular formula is C22H13ClF8N4OS. The van der Waals surface area contributed by atoms with Crippen molar-refractivity contribution in [2.75, 3.05) is 0 Å². The largest absolute Gasteiger partial charge is 0.459 e. The topological polar surface area (TPSA) is 70.7 Å². The van der Waals surface area contributed by atoms with Gasteiger partial charge in [0.05, 0.1) is 27.2 Å². The van der Waals surface area contributed by atoms with Gasteiger partial charge in [0, 0.05) is 11.9 Å². The molecule has 1 amide bonds. The number of benzene rings is 1. The molecule has 1 aliphatic carbocycles. The number of nitrogens with one attached hydrogen (secondary N) is 1. The molecule has 1 fully saturated rings. The van der Waals surface area contributed by atoms with Gasteiger partial charge >= 0.3 is 18.3 Å². The van der Waals surface area contributed by atoms with Crippen LogP contribution in [0.1, 0.15) is 34.5 Å². The average Bonchev–Trinajstić information content (AvgIpc) is 3.21. The van der Waals surface area contributed by atoms with Crippen LogP contribution in [0.4, 0.5) is 35.1 Å². The number of rotatable bonds is 5. The Bertz CT molecular complexity index is 1430. The highest BCUT2D eigenvalue weighted by Gasteiger charge is 2.64. The van der Waals surface area contributed by atoms with Crippen molar-refractivity contribution in [2.45, 2.75) is 36.7 Å². The van der Waals surface area contributed by atoms with Gasteiger partial charge < -0.3 is 5.32 Å². The summed E-state index contributed by atoms with van der Waals surface area (Å²) in [5.74, 6) is -6.50. The third-order valence-corrected chi connectivity index (χ3v) is 7.11. The van der Waals surface area contributed by atoms with E-state index in [1.807, 2.05) is 6.07 Å². The van der Waals surface area contributed by atoms with Crippen LogP contribution in [0.2, 0.25) is 5.02 Å². The summed E-state index contributed by atoms with van der Waals surface area (Å²) in [6, 6.07) is 8.55. The second-order valence-corrected chi connectivity index (χ2v) is 9.76. The van der Waals surface area contributed by atoms with E-state index >= 15 is 0 Å². The Balaban J connectivity index is 1.77. The molecule has 0 saturated heterocycles. The van der Waals surface area contributed by atoms with Crippen LogP contribution >= 0.6 is 22.9 Å². The fourth-order valence-electron chi connectivity index (χ4n) is 3.58. The second kappa shape index (κ2) is 8.70. The van der Waals surface area contributed by atoms with E-state index in [-0.39, 0.29) is 20.3 Å². The minimum atomic E-state index is -6.30. The van der Waals surface area contributed by atoms with Gasteiger partial charge in [-0.05, 0) is 42.7 Å². The van der Waals surface area contributed by atoms with E-state index in [0.29, 0.717) is 34.4 Å². The van der Waals surface area contributed by atoms with Crippen LogP contribution in [0.3, 0.4) is 0 Å². The molecule has 196 valence electrons. The maximum absolute atomic E-state index is 14.0. The zero-order valence-electron chi connectivity index (χ0n) is 18.4. The molecular weight excluding hydrogens is 556 g/mol. The lowest BCUT2D eigenvalue weighted by Gasteiger charge is -2.19. The number of aryl methyl sites for hydroxylation is 1. The van der Waals surface area contributed by atoms with Crippen LogP contribution in [0.5, 0.6) is 0 Å². The van der Waals surface area contributed by atoms with Crippen molar-refractivity contribution in [1.29, 1.82) is 5.26 Å². The predicted molar refractivity (Wildman–Crippen MR) is 117 cm³/mol. The summed E-state index contributed by atoms with van der Waals surface area (Å²) in [7, 11) is 0.827. The van der Waals surface area contributed by atoms with Gasteiger partial charge in [-0.1, -0.05) is 17.7 Å². The summed E-state index contributed by atoms with van der Waals surface area (Å²) >= 11 is 6.76. The van der Waals surface area contributed by atoms with Crippen LogP contribution in [-0.2, 0) is 19.1 Å². The summed E-state index contributed by atoms with van der Waals surface area (Å²) in [6.45, 7) is 0. The number of carbonyl (C=O) groups is 1. The number of carbonyl (C=O) groups excluding carboxylic acids is 1. The molecule has 15 heteroatoms. The highest BCUT2D eigenvalue weighted by Crippen LogP contribution is 2.51. The smallest absolute Gasteiger partial charge is 0.334 e. The molecule has 0 aliphatic heterocycles. The van der Waals surface area contributed by atoms with Crippen molar-refractivity contribution >= 4 is 28.8 Å². The maximum Gasteiger partial charge on any atom is 0.459 e. The van der Waals surface area contributed by atoms with Crippen LogP contribution < -0.4 is 5.32 Å². The van der Waals surface area contributed by atoms with Crippen molar-refractivity contribution in [3.05, 3.63) is 52.2 Å². The molecule has 5 nitrogen and oxygen atoms in total. The maximum atomic E-state index is 14.0. The fraction of sp³-hybridized carbons (Fsp3) is 0.318. The Morgan fingerprint density at radius 1 is 1.11 bits per heavy atom. The van der Waals surface area contributed by atoms with Gasteiger partial charge in [0.25, 0.3) is 5.91 Å². The number of amides is 1. The molecule has 1 aliphatic rings. The summed E-state index contributed by atoms with van der Waals surface area (Å²) in [5.41, 5.74) is -6.32. The molecule has 0 bridgehead atoms. The first-order chi connectivity index (χ1) is 17.0. The third-order valence-electron chi connectivity index (χ3n) is 5.64. The van der Waals surface area contributed by atoms with E-state index in [2.05, 4.69) is 10.4 Å². The van der Waals surface area contributed by atoms with Crippen molar-refractivity contribution in [3.63, 3.8) is 0 Å². The number of nitriles is 1. The molecule has 0 unspecified atom stereocenters. The molecule has 0 spiro atoms. The molecule has 0 atom stereocenters. The Morgan fingerprint density at radius 3 is 2.27 bits per heavy atom. The minimum absolute atomic E-state index is 0.0146. The van der Waals surface area contributed by atoms with E-state index < -0.39 is 46.7 Å². The Kier molecular flexibility index (Phi) is 6.31. The highest BCUT2D eigenvalue weighted by molar-refractivity contribution is 7.18. The number of halogens is 9. The molecule has 0 radical (unpaired) electrons. The zero-order valence-corrected chi connectivity index (χ0v) is 19.9. The average molecular weight is 569 g/mol. The molecule has 1 saturated carbocycles. The van der Waals surface area contributed by atoms with E-state index in [9.17, 15) is 45.2 Å². The summed E-state index contributed by atoms with van der Waals surface area (Å²) < 4.78 is 108. The Labute approximate surface area is 212 Å². The highest BCUT2D eigenvalue weighted by atomic mass is 35.5. The number of hydrogen-bond acceptors (Lipinski definition) is 4. The first-order valence-electron chi connectivity index (χ1n) is 10.2. The molecule has 4 rings (SSSR count). The van der Waals surface area contributed by atoms with Crippen LogP contribution in [0.25, 0.3) is 21.0 Å². The lowest BCUT2D eigenvalue weighted by atomic mass is 10.1. The number of aromatic nitrogens is 2. The summed E-state index contributed by atoms with van der Waals surface area (Å²) in [5, 5.41) is 14.7. The van der Waals surface area contributed by atoms with Crippen molar-refractivity contribution in [3.8, 4) is 27.1 Å². The zero-order chi connectivity index (χ0) is 27.6. The van der Waals surface area contributed by atoms with E-state index in [1.54, 1.807) is 0 Å². The molecule has 37 heavy (non-hydrogen) atoms. The number of alkyl halides is 8. The van der Waals surface area contributed by atoms with Gasteiger partial charge in [0.2, 0.25) is 0 Å². The van der Waals surface area contributed by atoms with Crippen molar-refractivity contribution < 1.29 is 39.9 Å². The van der Waals surface area contributed by atoms with Crippen molar-refractivity contribution in [1.82, 2.24) is 15.1 Å². The Morgan fingerprint density at radius 2 is 1.73 bits per heavy atom. The number of nitrogens with zero attached hydrogens (tertiary/aromatic N) is 3. The number of hydrogen-bond donors (Lipinski definition) is 1. The van der Waals surface area contributed by atoms with Gasteiger partial charge in [-0.3, -0.25) is 9.48 Å². The quantitative estimate of drug-likeness (QED) is 0.339. The SMILES string of the molecule is Cn1nc(C(F)(F)C(F)(F)F)c(C(F)(F)F)c1-c1ccc(-c2ccc(Cl)c(C(=O)NC3(C#N)CC3)c2)s1. The van der Waals surface area contributed by atoms with Crippen molar-refractivity contribution in [2.24, 2.45) is 7.05 Å². The minimum Gasteiger partial charge on any atom is -0.334 e. The number of thiophene rings is 1.